The summed E-state index contributed by atoms with van der Waals surface area (Å²) in [7, 11) is 0. The predicted octanol–water partition coefficient (Wildman–Crippen LogP) is -0.784. The third-order valence-corrected chi connectivity index (χ3v) is 1.79. The first kappa shape index (κ1) is 13.2. The van der Waals surface area contributed by atoms with E-state index < -0.39 is 17.9 Å². The molecule has 0 saturated carbocycles. The molecule has 0 radical (unpaired) electrons. The van der Waals surface area contributed by atoms with E-state index in [2.05, 4.69) is 4.99 Å². The normalized spacial score (nSPS) is 11.7. The fourth-order valence-corrected chi connectivity index (χ4v) is 1.01. The molecule has 0 aliphatic carbocycles. The van der Waals surface area contributed by atoms with Crippen LogP contribution in [0.3, 0.4) is 0 Å². The number of aliphatic imine (C=N–C) groups is 1. The summed E-state index contributed by atoms with van der Waals surface area (Å²) >= 11 is 0. The molecule has 0 saturated heterocycles. The van der Waals surface area contributed by atoms with Crippen molar-refractivity contribution < 1.29 is 19.8 Å². The van der Waals surface area contributed by atoms with Crippen molar-refractivity contribution in [2.75, 3.05) is 6.54 Å². The number of nitrogens with two attached hydrogens (primary N) is 2. The summed E-state index contributed by atoms with van der Waals surface area (Å²) in [6, 6.07) is 0. The third-order valence-electron chi connectivity index (χ3n) is 1.79. The van der Waals surface area contributed by atoms with Crippen molar-refractivity contribution >= 4 is 17.9 Å². The zero-order valence-corrected chi connectivity index (χ0v) is 8.22. The van der Waals surface area contributed by atoms with Gasteiger partial charge in [-0.1, -0.05) is 0 Å². The highest BCUT2D eigenvalue weighted by molar-refractivity contribution is 5.76. The number of hydrogen-bond acceptors (Lipinski definition) is 3. The summed E-state index contributed by atoms with van der Waals surface area (Å²) in [5.74, 6) is -2.86. The van der Waals surface area contributed by atoms with Gasteiger partial charge in [0, 0.05) is 6.42 Å². The number of guanidine groups is 1. The number of carboxylic acids is 2. The molecule has 0 aromatic heterocycles. The molecular formula is C8H15N3O4. The van der Waals surface area contributed by atoms with Crippen molar-refractivity contribution in [3.05, 3.63) is 0 Å². The van der Waals surface area contributed by atoms with Crippen molar-refractivity contribution in [3.8, 4) is 0 Å². The van der Waals surface area contributed by atoms with Crippen molar-refractivity contribution in [2.24, 2.45) is 22.4 Å². The van der Waals surface area contributed by atoms with Gasteiger partial charge in [0.2, 0.25) is 0 Å². The number of rotatable bonds is 7. The quantitative estimate of drug-likeness (QED) is 0.325. The monoisotopic (exact) mass is 217 g/mol. The van der Waals surface area contributed by atoms with Gasteiger partial charge in [-0.15, -0.1) is 0 Å². The van der Waals surface area contributed by atoms with Crippen LogP contribution in [0.4, 0.5) is 0 Å². The fraction of sp³-hybridized carbons (Fsp3) is 0.625. The van der Waals surface area contributed by atoms with Crippen LogP contribution < -0.4 is 11.5 Å². The molecule has 7 heteroatoms. The van der Waals surface area contributed by atoms with E-state index in [1.165, 1.54) is 0 Å². The Morgan fingerprint density at radius 1 is 1.27 bits per heavy atom. The number of aliphatic carboxylic acids is 2. The second-order valence-corrected chi connectivity index (χ2v) is 3.09. The second kappa shape index (κ2) is 6.63. The summed E-state index contributed by atoms with van der Waals surface area (Å²) in [5.41, 5.74) is 10.1. The van der Waals surface area contributed by atoms with Crippen LogP contribution in [-0.2, 0) is 9.59 Å². The van der Waals surface area contributed by atoms with Crippen LogP contribution in [0.5, 0.6) is 0 Å². The van der Waals surface area contributed by atoms with Crippen LogP contribution in [0.1, 0.15) is 19.3 Å². The van der Waals surface area contributed by atoms with Gasteiger partial charge in [-0.05, 0) is 12.8 Å². The Morgan fingerprint density at radius 3 is 2.27 bits per heavy atom. The lowest BCUT2D eigenvalue weighted by Crippen LogP contribution is -2.26. The lowest BCUT2D eigenvalue weighted by Gasteiger charge is -2.08. The maximum absolute atomic E-state index is 10.7. The Bertz CT molecular complexity index is 261. The topological polar surface area (TPSA) is 139 Å². The van der Waals surface area contributed by atoms with Crippen LogP contribution in [0.15, 0.2) is 4.99 Å². The molecule has 0 aliphatic heterocycles. The minimum Gasteiger partial charge on any atom is -0.481 e. The van der Waals surface area contributed by atoms with Crippen LogP contribution in [-0.4, -0.2) is 34.7 Å². The first-order valence-corrected chi connectivity index (χ1v) is 4.43. The molecule has 86 valence electrons. The predicted molar refractivity (Wildman–Crippen MR) is 53.3 cm³/mol. The minimum atomic E-state index is -1.02. The van der Waals surface area contributed by atoms with Gasteiger partial charge in [0.15, 0.2) is 5.96 Å². The molecule has 0 bridgehead atoms. The summed E-state index contributed by atoms with van der Waals surface area (Å²) in [6.07, 6.45) is 0.496. The van der Waals surface area contributed by atoms with E-state index in [1.54, 1.807) is 0 Å². The first-order valence-electron chi connectivity index (χ1n) is 4.43. The summed E-state index contributed by atoms with van der Waals surface area (Å²) in [4.78, 5) is 24.5. The SMILES string of the molecule is NC(N)=NCC(CCCC(=O)O)C(=O)O. The number of nitrogens with zero attached hydrogens (tertiary/aromatic N) is 1. The largest absolute Gasteiger partial charge is 0.481 e. The molecule has 6 N–H and O–H groups in total. The Balaban J connectivity index is 4.00. The highest BCUT2D eigenvalue weighted by Gasteiger charge is 2.16. The molecule has 7 nitrogen and oxygen atoms in total. The maximum Gasteiger partial charge on any atom is 0.308 e. The number of hydrogen-bond donors (Lipinski definition) is 4. The van der Waals surface area contributed by atoms with Gasteiger partial charge in [0.05, 0.1) is 12.5 Å². The summed E-state index contributed by atoms with van der Waals surface area (Å²) in [5, 5.41) is 17.1. The van der Waals surface area contributed by atoms with Crippen LogP contribution in [0.25, 0.3) is 0 Å². The first-order chi connectivity index (χ1) is 6.93. The van der Waals surface area contributed by atoms with Crippen molar-refractivity contribution in [2.45, 2.75) is 19.3 Å². The van der Waals surface area contributed by atoms with Crippen molar-refractivity contribution in [1.82, 2.24) is 0 Å². The molecule has 0 aromatic rings. The van der Waals surface area contributed by atoms with Crippen molar-refractivity contribution in [3.63, 3.8) is 0 Å². The Morgan fingerprint density at radius 2 is 1.87 bits per heavy atom. The Hall–Kier alpha value is -1.79. The zero-order chi connectivity index (χ0) is 11.8. The van der Waals surface area contributed by atoms with E-state index in [4.69, 9.17) is 21.7 Å². The fourth-order valence-electron chi connectivity index (χ4n) is 1.01. The summed E-state index contributed by atoms with van der Waals surface area (Å²) in [6.45, 7) is -0.0166. The molecule has 1 unspecified atom stereocenters. The minimum absolute atomic E-state index is 0.0166. The van der Waals surface area contributed by atoms with E-state index >= 15 is 0 Å². The molecular weight excluding hydrogens is 202 g/mol. The lowest BCUT2D eigenvalue weighted by atomic mass is 10.0. The average Bonchev–Trinajstić information content (AvgIpc) is 2.09. The Kier molecular flexibility index (Phi) is 5.84. The van der Waals surface area contributed by atoms with Gasteiger partial charge in [0.25, 0.3) is 0 Å². The van der Waals surface area contributed by atoms with E-state index in [9.17, 15) is 9.59 Å². The van der Waals surface area contributed by atoms with Gasteiger partial charge < -0.3 is 21.7 Å². The maximum atomic E-state index is 10.7. The lowest BCUT2D eigenvalue weighted by molar-refractivity contribution is -0.142. The van der Waals surface area contributed by atoms with E-state index in [0.717, 1.165) is 0 Å². The van der Waals surface area contributed by atoms with E-state index in [0.29, 0.717) is 6.42 Å². The van der Waals surface area contributed by atoms with Crippen molar-refractivity contribution in [1.29, 1.82) is 0 Å². The molecule has 0 rings (SSSR count). The van der Waals surface area contributed by atoms with Crippen LogP contribution in [0.2, 0.25) is 0 Å². The molecule has 0 spiro atoms. The standard InChI is InChI=1S/C8H15N3O4/c9-8(10)11-4-5(7(14)15)2-1-3-6(12)13/h5H,1-4H2,(H,12,13)(H,14,15)(H4,9,10,11). The average molecular weight is 217 g/mol. The molecule has 0 amide bonds. The molecule has 0 heterocycles. The highest BCUT2D eigenvalue weighted by Crippen LogP contribution is 2.09. The van der Waals surface area contributed by atoms with Gasteiger partial charge >= 0.3 is 11.9 Å². The smallest absolute Gasteiger partial charge is 0.308 e. The number of carbonyl (C=O) groups is 2. The third kappa shape index (κ3) is 7.29. The van der Waals surface area contributed by atoms with Crippen LogP contribution >= 0.6 is 0 Å². The van der Waals surface area contributed by atoms with Gasteiger partial charge in [-0.2, -0.15) is 0 Å². The van der Waals surface area contributed by atoms with E-state index in [-0.39, 0.29) is 25.3 Å². The Labute approximate surface area is 86.8 Å². The molecule has 1 atom stereocenters. The molecule has 0 aromatic carbocycles. The zero-order valence-electron chi connectivity index (χ0n) is 8.22. The molecule has 15 heavy (non-hydrogen) atoms. The number of carboxylic acid groups (broad SMARTS) is 2. The summed E-state index contributed by atoms with van der Waals surface area (Å²) < 4.78 is 0. The second-order valence-electron chi connectivity index (χ2n) is 3.09. The molecule has 0 aliphatic rings. The molecule has 0 fully saturated rings. The van der Waals surface area contributed by atoms with Crippen LogP contribution in [0, 0.1) is 5.92 Å². The van der Waals surface area contributed by atoms with Gasteiger partial charge in [-0.3, -0.25) is 14.6 Å². The highest BCUT2D eigenvalue weighted by atomic mass is 16.4. The van der Waals surface area contributed by atoms with Gasteiger partial charge in [0.1, 0.15) is 0 Å². The van der Waals surface area contributed by atoms with Gasteiger partial charge in [-0.25, -0.2) is 0 Å². The van der Waals surface area contributed by atoms with E-state index in [1.807, 2.05) is 0 Å².